The van der Waals surface area contributed by atoms with E-state index in [0.717, 1.165) is 43.4 Å². The van der Waals surface area contributed by atoms with E-state index in [4.69, 9.17) is 14.2 Å². The van der Waals surface area contributed by atoms with Crippen molar-refractivity contribution < 1.29 is 19.3 Å². The molecule has 1 aliphatic heterocycles. The first-order valence-corrected chi connectivity index (χ1v) is 9.25. The zero-order chi connectivity index (χ0) is 19.1. The number of aliphatic hydroxyl groups excluding tert-OH is 1. The molecular formula is C21H28N2O4. The predicted octanol–water partition coefficient (Wildman–Crippen LogP) is 2.27. The molecule has 0 bridgehead atoms. The summed E-state index contributed by atoms with van der Waals surface area (Å²) in [7, 11) is 3.33. The molecule has 0 saturated carbocycles. The van der Waals surface area contributed by atoms with Crippen molar-refractivity contribution in [1.82, 2.24) is 4.90 Å². The zero-order valence-electron chi connectivity index (χ0n) is 16.0. The van der Waals surface area contributed by atoms with Crippen LogP contribution in [0.3, 0.4) is 0 Å². The van der Waals surface area contributed by atoms with E-state index in [1.165, 1.54) is 0 Å². The van der Waals surface area contributed by atoms with E-state index in [9.17, 15) is 5.11 Å². The second kappa shape index (κ2) is 9.48. The summed E-state index contributed by atoms with van der Waals surface area (Å²) >= 11 is 0. The molecule has 1 atom stereocenters. The quantitative estimate of drug-likeness (QED) is 0.767. The van der Waals surface area contributed by atoms with Gasteiger partial charge in [-0.15, -0.1) is 0 Å². The first kappa shape index (κ1) is 19.3. The lowest BCUT2D eigenvalue weighted by Crippen LogP contribution is -2.49. The number of methoxy groups -OCH3 is 2. The van der Waals surface area contributed by atoms with E-state index in [-0.39, 0.29) is 6.61 Å². The molecule has 3 rings (SSSR count). The molecule has 2 aromatic carbocycles. The summed E-state index contributed by atoms with van der Waals surface area (Å²) in [4.78, 5) is 4.60. The lowest BCUT2D eigenvalue weighted by molar-refractivity contribution is 0.0662. The Kier molecular flexibility index (Phi) is 6.79. The van der Waals surface area contributed by atoms with Crippen molar-refractivity contribution in [2.45, 2.75) is 6.10 Å². The van der Waals surface area contributed by atoms with Gasteiger partial charge in [0, 0.05) is 38.8 Å². The maximum Gasteiger partial charge on any atom is 0.142 e. The van der Waals surface area contributed by atoms with Gasteiger partial charge in [-0.1, -0.05) is 18.2 Å². The zero-order valence-corrected chi connectivity index (χ0v) is 16.0. The molecule has 146 valence electrons. The van der Waals surface area contributed by atoms with E-state index < -0.39 is 6.10 Å². The number of rotatable bonds is 8. The monoisotopic (exact) mass is 372 g/mol. The number of benzene rings is 2. The molecule has 1 fully saturated rings. The van der Waals surface area contributed by atoms with Crippen LogP contribution >= 0.6 is 0 Å². The highest BCUT2D eigenvalue weighted by Crippen LogP contribution is 2.28. The molecule has 27 heavy (non-hydrogen) atoms. The third-order valence-electron chi connectivity index (χ3n) is 4.75. The predicted molar refractivity (Wildman–Crippen MR) is 106 cm³/mol. The van der Waals surface area contributed by atoms with Crippen LogP contribution in [0, 0.1) is 0 Å². The van der Waals surface area contributed by atoms with E-state index in [1.807, 2.05) is 42.5 Å². The van der Waals surface area contributed by atoms with Gasteiger partial charge >= 0.3 is 0 Å². The smallest absolute Gasteiger partial charge is 0.142 e. The number of ether oxygens (including phenoxy) is 3. The van der Waals surface area contributed by atoms with Gasteiger partial charge in [0.2, 0.25) is 0 Å². The Morgan fingerprint density at radius 3 is 2.41 bits per heavy atom. The van der Waals surface area contributed by atoms with Crippen LogP contribution in [0.15, 0.2) is 48.5 Å². The average Bonchev–Trinajstić information content (AvgIpc) is 2.73. The minimum atomic E-state index is -0.533. The van der Waals surface area contributed by atoms with Crippen LogP contribution in [0.1, 0.15) is 0 Å². The Morgan fingerprint density at radius 1 is 0.926 bits per heavy atom. The van der Waals surface area contributed by atoms with Gasteiger partial charge in [0.05, 0.1) is 19.9 Å². The number of hydrogen-bond acceptors (Lipinski definition) is 6. The number of aliphatic hydroxyl groups is 1. The Hall–Kier alpha value is -2.44. The van der Waals surface area contributed by atoms with Gasteiger partial charge in [0.15, 0.2) is 0 Å². The highest BCUT2D eigenvalue weighted by atomic mass is 16.5. The largest absolute Gasteiger partial charge is 0.497 e. The molecule has 0 aliphatic carbocycles. The standard InChI is InChI=1S/C21H28N2O4/c1-25-18-6-5-7-19(14-18)27-16-17(24)15-22-10-12-23(13-11-22)20-8-3-4-9-21(20)26-2/h3-9,14,17,24H,10-13,15-16H2,1-2H3/t17-/m1/s1. The summed E-state index contributed by atoms with van der Waals surface area (Å²) in [6.07, 6.45) is -0.533. The molecular weight excluding hydrogens is 344 g/mol. The third-order valence-corrected chi connectivity index (χ3v) is 4.75. The Morgan fingerprint density at radius 2 is 1.67 bits per heavy atom. The van der Waals surface area contributed by atoms with E-state index in [2.05, 4.69) is 15.9 Å². The van der Waals surface area contributed by atoms with Gasteiger partial charge < -0.3 is 24.2 Å². The summed E-state index contributed by atoms with van der Waals surface area (Å²) in [5.41, 5.74) is 1.13. The molecule has 1 aliphatic rings. The first-order chi connectivity index (χ1) is 13.2. The maximum absolute atomic E-state index is 10.3. The van der Waals surface area contributed by atoms with E-state index >= 15 is 0 Å². The van der Waals surface area contributed by atoms with Crippen molar-refractivity contribution in [2.75, 3.05) is 58.5 Å². The van der Waals surface area contributed by atoms with Crippen LogP contribution in [0.5, 0.6) is 17.2 Å². The van der Waals surface area contributed by atoms with Crippen LogP contribution < -0.4 is 19.1 Å². The molecule has 0 radical (unpaired) electrons. The Balaban J connectivity index is 1.44. The highest BCUT2D eigenvalue weighted by Gasteiger charge is 2.21. The number of hydrogen-bond donors (Lipinski definition) is 1. The topological polar surface area (TPSA) is 54.4 Å². The van der Waals surface area contributed by atoms with Crippen LogP contribution in [0.2, 0.25) is 0 Å². The van der Waals surface area contributed by atoms with E-state index in [0.29, 0.717) is 12.3 Å². The van der Waals surface area contributed by atoms with Gasteiger partial charge in [0.25, 0.3) is 0 Å². The molecule has 6 heteroatoms. The van der Waals surface area contributed by atoms with Crippen molar-refractivity contribution in [1.29, 1.82) is 0 Å². The molecule has 6 nitrogen and oxygen atoms in total. The number of nitrogens with zero attached hydrogens (tertiary/aromatic N) is 2. The fourth-order valence-corrected chi connectivity index (χ4v) is 3.30. The summed E-state index contributed by atoms with van der Waals surface area (Å²) in [6, 6.07) is 15.5. The Bertz CT molecular complexity index is 717. The van der Waals surface area contributed by atoms with Crippen molar-refractivity contribution in [2.24, 2.45) is 0 Å². The van der Waals surface area contributed by atoms with Gasteiger partial charge in [-0.3, -0.25) is 4.90 Å². The molecule has 0 spiro atoms. The number of anilines is 1. The summed E-state index contributed by atoms with van der Waals surface area (Å²) in [5.74, 6) is 2.35. The molecule has 0 amide bonds. The minimum Gasteiger partial charge on any atom is -0.497 e. The maximum atomic E-state index is 10.3. The van der Waals surface area contributed by atoms with Crippen LogP contribution in [0.4, 0.5) is 5.69 Å². The third kappa shape index (κ3) is 5.28. The van der Waals surface area contributed by atoms with Gasteiger partial charge in [-0.2, -0.15) is 0 Å². The minimum absolute atomic E-state index is 0.264. The van der Waals surface area contributed by atoms with Gasteiger partial charge in [-0.25, -0.2) is 0 Å². The summed E-state index contributed by atoms with van der Waals surface area (Å²) in [6.45, 7) is 4.47. The normalized spacial score (nSPS) is 16.0. The number of β-amino-alcohol motifs (C(OH)–C–C–N with tert-alkyl or cyclic N) is 1. The number of piperazine rings is 1. The second-order valence-electron chi connectivity index (χ2n) is 6.60. The number of para-hydroxylation sites is 2. The first-order valence-electron chi connectivity index (χ1n) is 9.25. The highest BCUT2D eigenvalue weighted by molar-refractivity contribution is 5.58. The fraction of sp³-hybridized carbons (Fsp3) is 0.429. The second-order valence-corrected chi connectivity index (χ2v) is 6.60. The fourth-order valence-electron chi connectivity index (χ4n) is 3.30. The average molecular weight is 372 g/mol. The van der Waals surface area contributed by atoms with Gasteiger partial charge in [0.1, 0.15) is 30.0 Å². The molecule has 0 aromatic heterocycles. The summed E-state index contributed by atoms with van der Waals surface area (Å²) < 4.78 is 16.3. The van der Waals surface area contributed by atoms with Crippen molar-refractivity contribution in [3.8, 4) is 17.2 Å². The molecule has 1 saturated heterocycles. The molecule has 1 N–H and O–H groups in total. The molecule has 0 unspecified atom stereocenters. The van der Waals surface area contributed by atoms with Crippen molar-refractivity contribution in [3.63, 3.8) is 0 Å². The van der Waals surface area contributed by atoms with Crippen molar-refractivity contribution >= 4 is 5.69 Å². The molecule has 1 heterocycles. The van der Waals surface area contributed by atoms with Crippen LogP contribution in [0.25, 0.3) is 0 Å². The van der Waals surface area contributed by atoms with Crippen LogP contribution in [-0.4, -0.2) is 69.7 Å². The lowest BCUT2D eigenvalue weighted by atomic mass is 10.2. The SMILES string of the molecule is COc1cccc(OC[C@H](O)CN2CCN(c3ccccc3OC)CC2)c1. The molecule has 2 aromatic rings. The van der Waals surface area contributed by atoms with Crippen LogP contribution in [-0.2, 0) is 0 Å². The Labute approximate surface area is 160 Å². The van der Waals surface area contributed by atoms with Crippen molar-refractivity contribution in [3.05, 3.63) is 48.5 Å². The lowest BCUT2D eigenvalue weighted by Gasteiger charge is -2.37. The van der Waals surface area contributed by atoms with Gasteiger partial charge in [-0.05, 0) is 24.3 Å². The summed E-state index contributed by atoms with van der Waals surface area (Å²) in [5, 5.41) is 10.3. The van der Waals surface area contributed by atoms with E-state index in [1.54, 1.807) is 14.2 Å².